The van der Waals surface area contributed by atoms with Crippen molar-refractivity contribution in [2.45, 2.75) is 13.8 Å². The van der Waals surface area contributed by atoms with E-state index in [-0.39, 0.29) is 35.2 Å². The zero-order chi connectivity index (χ0) is 18.4. The molecule has 0 saturated carbocycles. The van der Waals surface area contributed by atoms with E-state index in [1.165, 1.54) is 18.4 Å². The van der Waals surface area contributed by atoms with Gasteiger partial charge in [0.1, 0.15) is 28.9 Å². The Morgan fingerprint density at radius 1 is 0.960 bits per heavy atom. The van der Waals surface area contributed by atoms with Gasteiger partial charge in [0, 0.05) is 15.8 Å². The fraction of sp³-hybridized carbons (Fsp3) is 0.222. The van der Waals surface area contributed by atoms with Crippen molar-refractivity contribution in [2.75, 3.05) is 13.2 Å². The van der Waals surface area contributed by atoms with Crippen LogP contribution in [0.15, 0.2) is 28.9 Å². The SMILES string of the molecule is CCOC(=O)/C(C#N)=c1/cc/c(=C(\C#N)C(=O)OCC)c2occc12. The van der Waals surface area contributed by atoms with Crippen LogP contribution in [0.3, 0.4) is 0 Å². The van der Waals surface area contributed by atoms with Crippen molar-refractivity contribution in [3.63, 3.8) is 0 Å². The van der Waals surface area contributed by atoms with E-state index in [0.29, 0.717) is 10.6 Å². The lowest BCUT2D eigenvalue weighted by atomic mass is 10.1. The van der Waals surface area contributed by atoms with E-state index in [2.05, 4.69) is 0 Å². The van der Waals surface area contributed by atoms with Gasteiger partial charge in [0.15, 0.2) is 0 Å². The highest BCUT2D eigenvalue weighted by Gasteiger charge is 2.17. The monoisotopic (exact) mass is 338 g/mol. The molecule has 0 bridgehead atoms. The lowest BCUT2D eigenvalue weighted by molar-refractivity contribution is -0.136. The molecule has 2 aromatic rings. The summed E-state index contributed by atoms with van der Waals surface area (Å²) in [6, 6.07) is 8.09. The van der Waals surface area contributed by atoms with Crippen LogP contribution in [0.1, 0.15) is 13.8 Å². The lowest BCUT2D eigenvalue weighted by Gasteiger charge is -2.02. The zero-order valence-electron chi connectivity index (χ0n) is 13.7. The number of benzene rings is 1. The van der Waals surface area contributed by atoms with Gasteiger partial charge in [-0.05, 0) is 26.0 Å². The van der Waals surface area contributed by atoms with Gasteiger partial charge in [-0.15, -0.1) is 0 Å². The zero-order valence-corrected chi connectivity index (χ0v) is 13.7. The van der Waals surface area contributed by atoms with Crippen molar-refractivity contribution < 1.29 is 23.5 Å². The van der Waals surface area contributed by atoms with Gasteiger partial charge in [-0.3, -0.25) is 0 Å². The third kappa shape index (κ3) is 3.36. The second-order valence-corrected chi connectivity index (χ2v) is 4.74. The van der Waals surface area contributed by atoms with Crippen molar-refractivity contribution in [3.8, 4) is 12.1 Å². The van der Waals surface area contributed by atoms with E-state index in [0.717, 1.165) is 0 Å². The number of nitrogens with zero attached hydrogens (tertiary/aromatic N) is 2. The molecule has 1 heterocycles. The fourth-order valence-electron chi connectivity index (χ4n) is 2.32. The van der Waals surface area contributed by atoms with Crippen molar-refractivity contribution in [1.29, 1.82) is 10.5 Å². The number of carbonyl (C=O) groups is 2. The predicted octanol–water partition coefficient (Wildman–Crippen LogP) is 0.908. The molecule has 0 amide bonds. The minimum absolute atomic E-state index is 0.124. The van der Waals surface area contributed by atoms with Crippen LogP contribution in [0.2, 0.25) is 0 Å². The summed E-state index contributed by atoms with van der Waals surface area (Å²) in [5.74, 6) is -1.53. The number of ether oxygens (including phenoxy) is 2. The fourth-order valence-corrected chi connectivity index (χ4v) is 2.32. The molecule has 0 fully saturated rings. The van der Waals surface area contributed by atoms with Crippen LogP contribution >= 0.6 is 0 Å². The first-order chi connectivity index (χ1) is 12.1. The van der Waals surface area contributed by atoms with Crippen LogP contribution in [0.4, 0.5) is 0 Å². The molecule has 0 unspecified atom stereocenters. The summed E-state index contributed by atoms with van der Waals surface area (Å²) >= 11 is 0. The van der Waals surface area contributed by atoms with E-state index in [4.69, 9.17) is 13.9 Å². The first-order valence-electron chi connectivity index (χ1n) is 7.48. The highest BCUT2D eigenvalue weighted by molar-refractivity contribution is 6.18. The van der Waals surface area contributed by atoms with Gasteiger partial charge in [-0.25, -0.2) is 9.59 Å². The Balaban J connectivity index is 2.89. The Hall–Kier alpha value is -3.58. The Morgan fingerprint density at radius 3 is 2.00 bits per heavy atom. The predicted molar refractivity (Wildman–Crippen MR) is 86.8 cm³/mol. The van der Waals surface area contributed by atoms with Gasteiger partial charge in [0.2, 0.25) is 0 Å². The average molecular weight is 338 g/mol. The topological polar surface area (TPSA) is 113 Å². The largest absolute Gasteiger partial charge is 0.464 e. The molecule has 0 atom stereocenters. The number of nitriles is 2. The minimum Gasteiger partial charge on any atom is -0.464 e. The smallest absolute Gasteiger partial charge is 0.349 e. The van der Waals surface area contributed by atoms with Gasteiger partial charge >= 0.3 is 11.9 Å². The van der Waals surface area contributed by atoms with Crippen LogP contribution in [-0.4, -0.2) is 25.2 Å². The molecule has 2 rings (SSSR count). The maximum Gasteiger partial charge on any atom is 0.349 e. The summed E-state index contributed by atoms with van der Waals surface area (Å²) in [6.07, 6.45) is 1.35. The van der Waals surface area contributed by atoms with Gasteiger partial charge in [0.05, 0.1) is 19.5 Å². The van der Waals surface area contributed by atoms with Crippen LogP contribution in [0.5, 0.6) is 0 Å². The quantitative estimate of drug-likeness (QED) is 0.761. The number of fused-ring (bicyclic) bond motifs is 1. The first-order valence-corrected chi connectivity index (χ1v) is 7.48. The number of hydrogen-bond acceptors (Lipinski definition) is 7. The first kappa shape index (κ1) is 17.8. The normalized spacial score (nSPS) is 12.6. The summed E-state index contributed by atoms with van der Waals surface area (Å²) in [4.78, 5) is 23.9. The number of esters is 2. The molecule has 0 radical (unpaired) electrons. The Kier molecular flexibility index (Phi) is 5.54. The molecule has 0 aliphatic carbocycles. The molecule has 7 heteroatoms. The molecular formula is C18H14N2O5. The Labute approximate surface area is 143 Å². The molecule has 126 valence electrons. The highest BCUT2D eigenvalue weighted by Crippen LogP contribution is 2.10. The molecular weight excluding hydrogens is 324 g/mol. The summed E-state index contributed by atoms with van der Waals surface area (Å²) in [5, 5.41) is 19.5. The summed E-state index contributed by atoms with van der Waals surface area (Å²) < 4.78 is 15.1. The lowest BCUT2D eigenvalue weighted by Crippen LogP contribution is -2.21. The van der Waals surface area contributed by atoms with Crippen LogP contribution in [0, 0.1) is 22.7 Å². The van der Waals surface area contributed by atoms with E-state index in [1.807, 2.05) is 12.1 Å². The molecule has 1 aromatic carbocycles. The third-order valence-corrected chi connectivity index (χ3v) is 3.34. The van der Waals surface area contributed by atoms with E-state index < -0.39 is 11.9 Å². The van der Waals surface area contributed by atoms with Crippen LogP contribution in [0.25, 0.3) is 22.1 Å². The molecule has 0 aliphatic heterocycles. The second-order valence-electron chi connectivity index (χ2n) is 4.74. The van der Waals surface area contributed by atoms with Gasteiger partial charge in [-0.2, -0.15) is 10.5 Å². The van der Waals surface area contributed by atoms with Crippen molar-refractivity contribution in [3.05, 3.63) is 34.9 Å². The van der Waals surface area contributed by atoms with Gasteiger partial charge < -0.3 is 13.9 Å². The molecule has 1 aromatic heterocycles. The molecule has 25 heavy (non-hydrogen) atoms. The number of carbonyl (C=O) groups excluding carboxylic acids is 2. The number of rotatable bonds is 4. The van der Waals surface area contributed by atoms with E-state index in [9.17, 15) is 20.1 Å². The molecule has 0 spiro atoms. The molecule has 0 aliphatic rings. The van der Waals surface area contributed by atoms with Crippen molar-refractivity contribution in [1.82, 2.24) is 0 Å². The maximum absolute atomic E-state index is 12.0. The van der Waals surface area contributed by atoms with Crippen LogP contribution in [-0.2, 0) is 19.1 Å². The second kappa shape index (κ2) is 7.80. The Morgan fingerprint density at radius 2 is 1.48 bits per heavy atom. The Bertz CT molecular complexity index is 952. The molecule has 7 nitrogen and oxygen atoms in total. The molecule has 0 saturated heterocycles. The van der Waals surface area contributed by atoms with Gasteiger partial charge in [0.25, 0.3) is 0 Å². The van der Waals surface area contributed by atoms with Crippen molar-refractivity contribution >= 4 is 34.1 Å². The summed E-state index contributed by atoms with van der Waals surface area (Å²) in [7, 11) is 0. The average Bonchev–Trinajstić information content (AvgIpc) is 3.08. The third-order valence-electron chi connectivity index (χ3n) is 3.34. The summed E-state index contributed by atoms with van der Waals surface area (Å²) in [5.41, 5.74) is -0.198. The standard InChI is InChI=1S/C18H14N2O5/c1-3-23-17(21)14(9-19)11-5-6-12(16-13(11)7-8-25-16)15(10-20)18(22)24-4-2/h5-8H,3-4H2,1-2H3/b14-11-,15-12-. The number of furan rings is 1. The van der Waals surface area contributed by atoms with E-state index in [1.54, 1.807) is 19.9 Å². The maximum atomic E-state index is 12.0. The van der Waals surface area contributed by atoms with Gasteiger partial charge in [-0.1, -0.05) is 6.07 Å². The van der Waals surface area contributed by atoms with E-state index >= 15 is 0 Å². The molecule has 0 N–H and O–H groups in total. The highest BCUT2D eigenvalue weighted by atomic mass is 16.5. The summed E-state index contributed by atoms with van der Waals surface area (Å²) in [6.45, 7) is 3.52. The van der Waals surface area contributed by atoms with Crippen molar-refractivity contribution in [2.24, 2.45) is 0 Å². The number of hydrogen-bond donors (Lipinski definition) is 0. The minimum atomic E-state index is -0.773. The van der Waals surface area contributed by atoms with Crippen LogP contribution < -0.4 is 10.4 Å².